The van der Waals surface area contributed by atoms with Crippen LogP contribution in [0.2, 0.25) is 0 Å². The molecule has 0 atom stereocenters. The number of carbonyl (C=O) groups excluding carboxylic acids is 2. The third-order valence-corrected chi connectivity index (χ3v) is 5.72. The smallest absolute Gasteiger partial charge is 0.236 e. The molecule has 3 heterocycles. The number of piperazine rings is 1. The molecule has 0 radical (unpaired) electrons. The van der Waals surface area contributed by atoms with E-state index in [0.29, 0.717) is 37.4 Å². The minimum Gasteiger partial charge on any atom is -0.397 e. The van der Waals surface area contributed by atoms with Gasteiger partial charge in [-0.3, -0.25) is 14.6 Å². The molecule has 0 spiro atoms. The number of amides is 1. The number of hydrogen-bond donors (Lipinski definition) is 2. The van der Waals surface area contributed by atoms with Gasteiger partial charge < -0.3 is 21.3 Å². The van der Waals surface area contributed by atoms with Gasteiger partial charge >= 0.3 is 0 Å². The van der Waals surface area contributed by atoms with Crippen molar-refractivity contribution in [1.82, 2.24) is 14.9 Å². The maximum atomic E-state index is 14.2. The summed E-state index contributed by atoms with van der Waals surface area (Å²) in [4.78, 5) is 37.4. The van der Waals surface area contributed by atoms with Crippen molar-refractivity contribution in [3.05, 3.63) is 71.9 Å². The number of aromatic nitrogens is 2. The average Bonchev–Trinajstić information content (AvgIpc) is 2.84. The highest BCUT2D eigenvalue weighted by molar-refractivity contribution is 6.01. The van der Waals surface area contributed by atoms with E-state index in [2.05, 4.69) is 14.9 Å². The van der Waals surface area contributed by atoms with Gasteiger partial charge in [0.15, 0.2) is 5.78 Å². The predicted molar refractivity (Wildman–Crippen MR) is 124 cm³/mol. The number of nitrogens with zero attached hydrogens (tertiary/aromatic N) is 4. The lowest BCUT2D eigenvalue weighted by Gasteiger charge is -2.36. The normalized spacial score (nSPS) is 13.8. The summed E-state index contributed by atoms with van der Waals surface area (Å²) < 4.78 is 14.2. The number of halogens is 1. The number of anilines is 2. The molecule has 8 nitrogen and oxygen atoms in total. The fraction of sp³-hybridized carbons (Fsp3) is 0.250. The van der Waals surface area contributed by atoms with Crippen molar-refractivity contribution in [1.29, 1.82) is 0 Å². The molecular formula is C24H25FN6O2. The Morgan fingerprint density at radius 2 is 1.79 bits per heavy atom. The largest absolute Gasteiger partial charge is 0.397 e. The Morgan fingerprint density at radius 1 is 1.03 bits per heavy atom. The van der Waals surface area contributed by atoms with E-state index in [1.165, 1.54) is 6.07 Å². The first-order chi connectivity index (χ1) is 16.0. The second kappa shape index (κ2) is 9.74. The number of benzene rings is 1. The Hall–Kier alpha value is -3.85. The Labute approximate surface area is 191 Å². The molecule has 1 aromatic carbocycles. The fourth-order valence-corrected chi connectivity index (χ4v) is 3.96. The van der Waals surface area contributed by atoms with Crippen molar-refractivity contribution >= 4 is 23.1 Å². The second-order valence-corrected chi connectivity index (χ2v) is 7.79. The van der Waals surface area contributed by atoms with Crippen LogP contribution in [-0.2, 0) is 11.2 Å². The third kappa shape index (κ3) is 4.83. The van der Waals surface area contributed by atoms with E-state index in [1.54, 1.807) is 47.6 Å². The molecule has 0 bridgehead atoms. The Balaban J connectivity index is 1.55. The molecule has 0 unspecified atom stereocenters. The van der Waals surface area contributed by atoms with Crippen LogP contribution >= 0.6 is 0 Å². The summed E-state index contributed by atoms with van der Waals surface area (Å²) in [5.41, 5.74) is 14.1. The molecule has 33 heavy (non-hydrogen) atoms. The number of ketones is 1. The first-order valence-electron chi connectivity index (χ1n) is 10.7. The van der Waals surface area contributed by atoms with E-state index in [1.807, 2.05) is 6.07 Å². The molecule has 3 aromatic rings. The molecule has 0 aliphatic carbocycles. The lowest BCUT2D eigenvalue weighted by atomic mass is 10.0. The summed E-state index contributed by atoms with van der Waals surface area (Å²) in [5, 5.41) is 0. The predicted octanol–water partition coefficient (Wildman–Crippen LogP) is 1.90. The maximum Gasteiger partial charge on any atom is 0.236 e. The van der Waals surface area contributed by atoms with Gasteiger partial charge in [0, 0.05) is 61.8 Å². The van der Waals surface area contributed by atoms with Gasteiger partial charge in [-0.1, -0.05) is 12.1 Å². The standard InChI is InChI=1S/C24H25FN6O2/c25-18-4-2-1-3-17(18)20-6-5-19(27)24(29-20)22(32)13-16-15-28-8-7-21(16)30-9-11-31(12-10-30)23(33)14-26/h1-8,15H,9-14,26-27H2. The van der Waals surface area contributed by atoms with Gasteiger partial charge in [0.1, 0.15) is 11.5 Å². The van der Waals surface area contributed by atoms with Crippen molar-refractivity contribution in [2.45, 2.75) is 6.42 Å². The van der Waals surface area contributed by atoms with Crippen molar-refractivity contribution in [3.8, 4) is 11.3 Å². The minimum atomic E-state index is -0.421. The number of Topliss-reactive ketones (excluding diaryl/α,β-unsaturated/α-hetero) is 1. The number of pyridine rings is 2. The molecular weight excluding hydrogens is 423 g/mol. The Bertz CT molecular complexity index is 1180. The molecule has 1 amide bonds. The van der Waals surface area contributed by atoms with Crippen LogP contribution in [-0.4, -0.2) is 59.3 Å². The van der Waals surface area contributed by atoms with E-state index in [-0.39, 0.29) is 36.0 Å². The summed E-state index contributed by atoms with van der Waals surface area (Å²) in [6, 6.07) is 11.3. The van der Waals surface area contributed by atoms with Gasteiger partial charge in [0.2, 0.25) is 5.91 Å². The molecule has 2 aromatic heterocycles. The highest BCUT2D eigenvalue weighted by atomic mass is 19.1. The lowest BCUT2D eigenvalue weighted by Crippen LogP contribution is -2.50. The summed E-state index contributed by atoms with van der Waals surface area (Å²) in [7, 11) is 0. The molecule has 1 aliphatic heterocycles. The van der Waals surface area contributed by atoms with Crippen LogP contribution in [0.5, 0.6) is 0 Å². The fourth-order valence-electron chi connectivity index (χ4n) is 3.96. The average molecular weight is 449 g/mol. The minimum absolute atomic E-state index is 0.00459. The van der Waals surface area contributed by atoms with Gasteiger partial charge in [-0.05, 0) is 30.3 Å². The van der Waals surface area contributed by atoms with Crippen molar-refractivity contribution in [2.75, 3.05) is 43.4 Å². The molecule has 0 saturated carbocycles. The van der Waals surface area contributed by atoms with Crippen LogP contribution in [0, 0.1) is 5.82 Å². The van der Waals surface area contributed by atoms with Crippen LogP contribution in [0.1, 0.15) is 16.1 Å². The van der Waals surface area contributed by atoms with Gasteiger partial charge in [-0.15, -0.1) is 0 Å². The molecule has 1 saturated heterocycles. The Morgan fingerprint density at radius 3 is 2.52 bits per heavy atom. The van der Waals surface area contributed by atoms with E-state index in [4.69, 9.17) is 11.5 Å². The van der Waals surface area contributed by atoms with Crippen LogP contribution in [0.4, 0.5) is 15.8 Å². The number of nitrogen functional groups attached to an aromatic ring is 1. The van der Waals surface area contributed by atoms with Gasteiger partial charge in [-0.25, -0.2) is 9.37 Å². The topological polar surface area (TPSA) is 118 Å². The molecule has 170 valence electrons. The van der Waals surface area contributed by atoms with Gasteiger partial charge in [0.05, 0.1) is 17.9 Å². The number of hydrogen-bond acceptors (Lipinski definition) is 7. The molecule has 4 rings (SSSR count). The molecule has 1 aliphatic rings. The lowest BCUT2D eigenvalue weighted by molar-refractivity contribution is -0.129. The SMILES string of the molecule is NCC(=O)N1CCN(c2ccncc2CC(=O)c2nc(-c3ccccc3F)ccc2N)CC1. The number of carbonyl (C=O) groups is 2. The molecule has 1 fully saturated rings. The molecule has 4 N–H and O–H groups in total. The van der Waals surface area contributed by atoms with E-state index in [0.717, 1.165) is 11.3 Å². The zero-order valence-corrected chi connectivity index (χ0v) is 18.1. The van der Waals surface area contributed by atoms with Gasteiger partial charge in [-0.2, -0.15) is 0 Å². The maximum absolute atomic E-state index is 14.2. The highest BCUT2D eigenvalue weighted by Gasteiger charge is 2.23. The quantitative estimate of drug-likeness (QED) is 0.553. The highest BCUT2D eigenvalue weighted by Crippen LogP contribution is 2.26. The van der Waals surface area contributed by atoms with Crippen molar-refractivity contribution in [3.63, 3.8) is 0 Å². The summed E-state index contributed by atoms with van der Waals surface area (Å²) in [6.07, 6.45) is 3.37. The van der Waals surface area contributed by atoms with Crippen molar-refractivity contribution < 1.29 is 14.0 Å². The summed E-state index contributed by atoms with van der Waals surface area (Å²) in [5.74, 6) is -0.775. The van der Waals surface area contributed by atoms with E-state index < -0.39 is 5.82 Å². The zero-order valence-electron chi connectivity index (χ0n) is 18.1. The third-order valence-electron chi connectivity index (χ3n) is 5.72. The first-order valence-corrected chi connectivity index (χ1v) is 10.7. The van der Waals surface area contributed by atoms with Crippen LogP contribution in [0.3, 0.4) is 0 Å². The van der Waals surface area contributed by atoms with Crippen LogP contribution in [0.15, 0.2) is 54.9 Å². The molecule has 9 heteroatoms. The number of rotatable bonds is 6. The Kier molecular flexibility index (Phi) is 6.60. The van der Waals surface area contributed by atoms with E-state index in [9.17, 15) is 14.0 Å². The summed E-state index contributed by atoms with van der Waals surface area (Å²) >= 11 is 0. The van der Waals surface area contributed by atoms with E-state index >= 15 is 0 Å². The zero-order chi connectivity index (χ0) is 23.4. The monoisotopic (exact) mass is 448 g/mol. The van der Waals surface area contributed by atoms with Crippen molar-refractivity contribution in [2.24, 2.45) is 5.73 Å². The summed E-state index contributed by atoms with van der Waals surface area (Å²) in [6.45, 7) is 2.37. The van der Waals surface area contributed by atoms with Crippen LogP contribution in [0.25, 0.3) is 11.3 Å². The number of nitrogens with two attached hydrogens (primary N) is 2. The first kappa shape index (κ1) is 22.3. The van der Waals surface area contributed by atoms with Crippen LogP contribution < -0.4 is 16.4 Å². The van der Waals surface area contributed by atoms with Gasteiger partial charge in [0.25, 0.3) is 0 Å². The second-order valence-electron chi connectivity index (χ2n) is 7.79.